The maximum atomic E-state index is 5.54. The van der Waals surface area contributed by atoms with Crippen LogP contribution in [0.2, 0.25) is 0 Å². The zero-order chi connectivity index (χ0) is 16.0. The van der Waals surface area contributed by atoms with Crippen LogP contribution in [0.4, 0.5) is 0 Å². The van der Waals surface area contributed by atoms with E-state index in [0.717, 1.165) is 35.2 Å². The van der Waals surface area contributed by atoms with E-state index in [0.29, 0.717) is 12.1 Å². The summed E-state index contributed by atoms with van der Waals surface area (Å²) in [4.78, 5) is 0. The molecule has 2 N–H and O–H groups in total. The fraction of sp³-hybridized carbons (Fsp3) is 0.944. The molecule has 0 aromatic heterocycles. The lowest BCUT2D eigenvalue weighted by atomic mass is 9.67. The summed E-state index contributed by atoms with van der Waals surface area (Å²) in [6.45, 7) is 13.8. The van der Waals surface area contributed by atoms with Gasteiger partial charge in [0.2, 0.25) is 0 Å². The van der Waals surface area contributed by atoms with Crippen LogP contribution in [0.3, 0.4) is 0 Å². The Morgan fingerprint density at radius 1 is 1.05 bits per heavy atom. The van der Waals surface area contributed by atoms with Crippen LogP contribution in [0, 0.1) is 23.7 Å². The van der Waals surface area contributed by atoms with E-state index in [1.165, 1.54) is 25.7 Å². The molecule has 0 heterocycles. The Labute approximate surface area is 137 Å². The van der Waals surface area contributed by atoms with Gasteiger partial charge in [0.1, 0.15) is 0 Å². The van der Waals surface area contributed by atoms with Crippen molar-refractivity contribution < 1.29 is 0 Å². The highest BCUT2D eigenvalue weighted by molar-refractivity contribution is 7.80. The summed E-state index contributed by atoms with van der Waals surface area (Å²) >= 11 is 5.54. The Kier molecular flexibility index (Phi) is 8.00. The van der Waals surface area contributed by atoms with Crippen molar-refractivity contribution in [2.24, 2.45) is 23.7 Å². The van der Waals surface area contributed by atoms with Crippen LogP contribution in [0.15, 0.2) is 0 Å². The Morgan fingerprint density at radius 2 is 1.57 bits per heavy atom. The van der Waals surface area contributed by atoms with Crippen molar-refractivity contribution in [1.82, 2.24) is 10.6 Å². The Bertz CT molecular complexity index is 302. The van der Waals surface area contributed by atoms with Crippen LogP contribution in [-0.4, -0.2) is 17.2 Å². The molecule has 3 unspecified atom stereocenters. The molecule has 0 amide bonds. The van der Waals surface area contributed by atoms with Gasteiger partial charge in [-0.25, -0.2) is 0 Å². The van der Waals surface area contributed by atoms with E-state index in [1.807, 2.05) is 0 Å². The number of rotatable bonds is 6. The smallest absolute Gasteiger partial charge is 0.166 e. The molecule has 0 spiro atoms. The molecule has 0 radical (unpaired) electrons. The van der Waals surface area contributed by atoms with Gasteiger partial charge in [0.05, 0.1) is 0 Å². The number of nitrogens with one attached hydrogen (secondary N) is 2. The minimum Gasteiger partial charge on any atom is -0.360 e. The van der Waals surface area contributed by atoms with E-state index in [4.69, 9.17) is 12.2 Å². The van der Waals surface area contributed by atoms with Gasteiger partial charge in [-0.15, -0.1) is 0 Å². The highest BCUT2D eigenvalue weighted by Crippen LogP contribution is 2.40. The van der Waals surface area contributed by atoms with E-state index >= 15 is 0 Å². The second-order valence-corrected chi connectivity index (χ2v) is 7.67. The van der Waals surface area contributed by atoms with Crippen molar-refractivity contribution in [1.29, 1.82) is 0 Å². The first-order chi connectivity index (χ1) is 9.92. The normalized spacial score (nSPS) is 31.0. The third kappa shape index (κ3) is 5.43. The SMILES string of the molecule is CCC(C)NC(=S)NC1C(CC)CC(C(C)C)CC1CC. The lowest BCUT2D eigenvalue weighted by molar-refractivity contribution is 0.113. The van der Waals surface area contributed by atoms with Gasteiger partial charge in [-0.3, -0.25) is 0 Å². The molecule has 21 heavy (non-hydrogen) atoms. The maximum Gasteiger partial charge on any atom is 0.166 e. The Hall–Kier alpha value is -0.310. The van der Waals surface area contributed by atoms with E-state index in [-0.39, 0.29) is 0 Å². The largest absolute Gasteiger partial charge is 0.360 e. The molecule has 0 aromatic rings. The molecular weight excluding hydrogens is 276 g/mol. The van der Waals surface area contributed by atoms with Gasteiger partial charge in [-0.2, -0.15) is 0 Å². The zero-order valence-electron chi connectivity index (χ0n) is 14.9. The lowest BCUT2D eigenvalue weighted by Crippen LogP contribution is -2.53. The number of thiocarbonyl (C=S) groups is 1. The Balaban J connectivity index is 2.70. The fourth-order valence-corrected chi connectivity index (χ4v) is 4.03. The molecule has 1 rings (SSSR count). The van der Waals surface area contributed by atoms with Gasteiger partial charge in [-0.1, -0.05) is 47.5 Å². The summed E-state index contributed by atoms with van der Waals surface area (Å²) < 4.78 is 0. The Morgan fingerprint density at radius 3 is 1.95 bits per heavy atom. The zero-order valence-corrected chi connectivity index (χ0v) is 15.7. The van der Waals surface area contributed by atoms with Crippen molar-refractivity contribution in [3.63, 3.8) is 0 Å². The van der Waals surface area contributed by atoms with Crippen molar-refractivity contribution in [3.8, 4) is 0 Å². The molecule has 0 aliphatic heterocycles. The summed E-state index contributed by atoms with van der Waals surface area (Å²) in [6, 6.07) is 1.01. The van der Waals surface area contributed by atoms with Gasteiger partial charge < -0.3 is 10.6 Å². The van der Waals surface area contributed by atoms with Crippen LogP contribution < -0.4 is 10.6 Å². The fourth-order valence-electron chi connectivity index (χ4n) is 3.69. The summed E-state index contributed by atoms with van der Waals surface area (Å²) in [5.74, 6) is 3.20. The average Bonchev–Trinajstić information content (AvgIpc) is 2.46. The topological polar surface area (TPSA) is 24.1 Å². The van der Waals surface area contributed by atoms with Gasteiger partial charge in [0.25, 0.3) is 0 Å². The van der Waals surface area contributed by atoms with E-state index in [2.05, 4.69) is 52.2 Å². The minimum absolute atomic E-state index is 0.456. The molecule has 1 aliphatic carbocycles. The number of hydrogen-bond donors (Lipinski definition) is 2. The maximum absolute atomic E-state index is 5.54. The molecule has 1 fully saturated rings. The highest BCUT2D eigenvalue weighted by Gasteiger charge is 2.37. The highest BCUT2D eigenvalue weighted by atomic mass is 32.1. The van der Waals surface area contributed by atoms with Crippen LogP contribution in [-0.2, 0) is 0 Å². The van der Waals surface area contributed by atoms with E-state index in [9.17, 15) is 0 Å². The van der Waals surface area contributed by atoms with Crippen molar-refractivity contribution in [3.05, 3.63) is 0 Å². The van der Waals surface area contributed by atoms with Crippen molar-refractivity contribution in [2.75, 3.05) is 0 Å². The molecule has 3 atom stereocenters. The molecule has 2 nitrogen and oxygen atoms in total. The monoisotopic (exact) mass is 312 g/mol. The first kappa shape index (κ1) is 18.7. The third-order valence-corrected chi connectivity index (χ3v) is 5.74. The van der Waals surface area contributed by atoms with Crippen LogP contribution >= 0.6 is 12.2 Å². The van der Waals surface area contributed by atoms with E-state index < -0.39 is 0 Å². The average molecular weight is 313 g/mol. The molecule has 124 valence electrons. The molecular formula is C18H36N2S. The summed E-state index contributed by atoms with van der Waals surface area (Å²) in [5, 5.41) is 7.94. The lowest BCUT2D eigenvalue weighted by Gasteiger charge is -2.44. The van der Waals surface area contributed by atoms with Crippen molar-refractivity contribution >= 4 is 17.3 Å². The molecule has 0 saturated heterocycles. The summed E-state index contributed by atoms with van der Waals surface area (Å²) in [5.41, 5.74) is 0. The minimum atomic E-state index is 0.456. The third-order valence-electron chi connectivity index (χ3n) is 5.51. The first-order valence-electron chi connectivity index (χ1n) is 8.99. The predicted molar refractivity (Wildman–Crippen MR) is 97.5 cm³/mol. The van der Waals surface area contributed by atoms with Crippen LogP contribution in [0.1, 0.15) is 73.6 Å². The van der Waals surface area contributed by atoms with E-state index in [1.54, 1.807) is 0 Å². The summed E-state index contributed by atoms with van der Waals surface area (Å²) in [6.07, 6.45) is 6.32. The molecule has 0 bridgehead atoms. The molecule has 1 saturated carbocycles. The standard InChI is InChI=1S/C18H36N2S/c1-7-13(6)19-18(21)20-17-14(8-2)10-16(12(4)5)11-15(17)9-3/h12-17H,7-11H2,1-6H3,(H2,19,20,21). The second kappa shape index (κ2) is 8.97. The quantitative estimate of drug-likeness (QED) is 0.693. The van der Waals surface area contributed by atoms with Crippen molar-refractivity contribution in [2.45, 2.75) is 85.7 Å². The summed E-state index contributed by atoms with van der Waals surface area (Å²) in [7, 11) is 0. The van der Waals surface area contributed by atoms with Gasteiger partial charge in [0, 0.05) is 12.1 Å². The molecule has 0 aromatic carbocycles. The number of hydrogen-bond acceptors (Lipinski definition) is 1. The van der Waals surface area contributed by atoms with Crippen LogP contribution in [0.25, 0.3) is 0 Å². The molecule has 3 heteroatoms. The van der Waals surface area contributed by atoms with Gasteiger partial charge in [0.15, 0.2) is 5.11 Å². The van der Waals surface area contributed by atoms with Gasteiger partial charge >= 0.3 is 0 Å². The first-order valence-corrected chi connectivity index (χ1v) is 9.40. The second-order valence-electron chi connectivity index (χ2n) is 7.27. The van der Waals surface area contributed by atoms with Gasteiger partial charge in [-0.05, 0) is 62.1 Å². The molecule has 1 aliphatic rings. The van der Waals surface area contributed by atoms with Crippen LogP contribution in [0.5, 0.6) is 0 Å². The predicted octanol–water partition coefficient (Wildman–Crippen LogP) is 4.74.